The second-order valence-corrected chi connectivity index (χ2v) is 5.05. The molecule has 0 aromatic rings. The third kappa shape index (κ3) is 80.6. The van der Waals surface area contributed by atoms with Crippen LogP contribution in [0.5, 0.6) is 0 Å². The zero-order chi connectivity index (χ0) is 12.9. The number of hydrogen-bond donors (Lipinski definition) is 0. The predicted octanol–water partition coefficient (Wildman–Crippen LogP) is 5.42. The molecule has 1 nitrogen and oxygen atoms in total. The van der Waals surface area contributed by atoms with E-state index in [1.165, 1.54) is 0 Å². The molecular formula is C15H34OTi. The van der Waals surface area contributed by atoms with Crippen LogP contribution >= 0.6 is 0 Å². The Hall–Kier alpha value is 0.674. The van der Waals surface area contributed by atoms with Crippen LogP contribution in [-0.2, 0) is 21.7 Å². The number of hydrogen-bond acceptors (Lipinski definition) is 1. The Labute approximate surface area is 126 Å². The fourth-order valence-electron chi connectivity index (χ4n) is 0. The van der Waals surface area contributed by atoms with E-state index in [9.17, 15) is 0 Å². The van der Waals surface area contributed by atoms with E-state index < -0.39 is 0 Å². The zero-order valence-electron chi connectivity index (χ0n) is 12.9. The Balaban J connectivity index is -0.0000000400. The summed E-state index contributed by atoms with van der Waals surface area (Å²) >= 11 is 0. The van der Waals surface area contributed by atoms with Gasteiger partial charge in [-0.05, 0) is 0 Å². The minimum absolute atomic E-state index is 0. The van der Waals surface area contributed by atoms with Gasteiger partial charge in [0.2, 0.25) is 0 Å². The minimum Gasteiger partial charge on any atom is -0.870 e. The van der Waals surface area contributed by atoms with Gasteiger partial charge in [0.25, 0.3) is 0 Å². The molecule has 2 heteroatoms. The normalized spacial score (nSPS) is 8.47. The molecule has 0 amide bonds. The Morgan fingerprint density at radius 3 is 0.647 bits per heavy atom. The molecule has 0 atom stereocenters. The van der Waals surface area contributed by atoms with Gasteiger partial charge in [0.15, 0.2) is 0 Å². The van der Waals surface area contributed by atoms with E-state index in [4.69, 9.17) is 0 Å². The first kappa shape index (κ1) is 30.6. The maximum atomic E-state index is 3.69. The summed E-state index contributed by atoms with van der Waals surface area (Å²) in [6.07, 6.45) is 3.17. The molecule has 1 N–H and O–H groups in total. The molecule has 0 aliphatic carbocycles. The van der Waals surface area contributed by atoms with E-state index in [1.54, 1.807) is 0 Å². The quantitative estimate of drug-likeness (QED) is 0.500. The summed E-state index contributed by atoms with van der Waals surface area (Å²) in [6, 6.07) is 0. The van der Waals surface area contributed by atoms with Gasteiger partial charge in [0.1, 0.15) is 0 Å². The first-order valence-corrected chi connectivity index (χ1v) is 6.19. The fourth-order valence-corrected chi connectivity index (χ4v) is 0. The summed E-state index contributed by atoms with van der Waals surface area (Å²) in [7, 11) is 0. The molecule has 0 radical (unpaired) electrons. The maximum Gasteiger partial charge on any atom is 4.00 e. The molecule has 0 rings (SSSR count). The van der Waals surface area contributed by atoms with Gasteiger partial charge in [-0.1, -0.05) is 59.3 Å². The van der Waals surface area contributed by atoms with Crippen molar-refractivity contribution in [2.75, 3.05) is 0 Å². The van der Waals surface area contributed by atoms with E-state index in [-0.39, 0.29) is 27.2 Å². The van der Waals surface area contributed by atoms with E-state index in [0.29, 0.717) is 0 Å². The van der Waals surface area contributed by atoms with Crippen LogP contribution in [0.1, 0.15) is 60.8 Å². The molecule has 0 aromatic heterocycles. The second-order valence-electron chi connectivity index (χ2n) is 5.05. The van der Waals surface area contributed by atoms with Crippen LogP contribution in [0.4, 0.5) is 0 Å². The van der Waals surface area contributed by atoms with E-state index in [1.807, 2.05) is 0 Å². The van der Waals surface area contributed by atoms with Gasteiger partial charge < -0.3 is 26.2 Å². The molecule has 0 aliphatic heterocycles. The van der Waals surface area contributed by atoms with Gasteiger partial charge in [-0.25, -0.2) is 0 Å². The molecule has 0 saturated heterocycles. The van der Waals surface area contributed by atoms with Crippen LogP contribution in [-0.4, -0.2) is 5.48 Å². The molecule has 0 heterocycles. The predicted molar refractivity (Wildman–Crippen MR) is 76.4 cm³/mol. The SMILES string of the molecule is [CH2-]CC(C)C.[CH2-]CC(C)C.[CH2-]CC(C)C.[OH-].[Ti+4]. The summed E-state index contributed by atoms with van der Waals surface area (Å²) in [5.41, 5.74) is 0. The monoisotopic (exact) mass is 278 g/mol. The summed E-state index contributed by atoms with van der Waals surface area (Å²) in [4.78, 5) is 0. The smallest absolute Gasteiger partial charge is 0.870 e. The third-order valence-electron chi connectivity index (χ3n) is 1.73. The van der Waals surface area contributed by atoms with Crippen LogP contribution in [0.25, 0.3) is 0 Å². The van der Waals surface area contributed by atoms with Crippen molar-refractivity contribution in [3.63, 3.8) is 0 Å². The molecule has 0 fully saturated rings. The Morgan fingerprint density at radius 1 is 0.588 bits per heavy atom. The average molecular weight is 278 g/mol. The van der Waals surface area contributed by atoms with Gasteiger partial charge in [-0.2, -0.15) is 19.3 Å². The standard InChI is InChI=1S/3C5H11.H2O.Ti/c3*1-4-5(2)3;;/h3*5H,1,4H2,2-3H3;1H2;/q3*-1;;+4/p-1. The van der Waals surface area contributed by atoms with Crippen molar-refractivity contribution in [1.82, 2.24) is 0 Å². The van der Waals surface area contributed by atoms with Gasteiger partial charge in [-0.15, -0.1) is 0 Å². The fraction of sp³-hybridized carbons (Fsp3) is 0.800. The Morgan fingerprint density at radius 2 is 0.647 bits per heavy atom. The van der Waals surface area contributed by atoms with Crippen molar-refractivity contribution >= 4 is 0 Å². The van der Waals surface area contributed by atoms with Crippen molar-refractivity contribution < 1.29 is 27.2 Å². The third-order valence-corrected chi connectivity index (χ3v) is 1.73. The summed E-state index contributed by atoms with van der Waals surface area (Å²) < 4.78 is 0. The van der Waals surface area contributed by atoms with E-state index in [0.717, 1.165) is 37.0 Å². The molecule has 0 bridgehead atoms. The van der Waals surface area contributed by atoms with Crippen molar-refractivity contribution in [2.24, 2.45) is 17.8 Å². The molecule has 0 saturated carbocycles. The van der Waals surface area contributed by atoms with Crippen molar-refractivity contribution in [3.8, 4) is 0 Å². The Bertz CT molecular complexity index is 71.9. The second kappa shape index (κ2) is 25.5. The van der Waals surface area contributed by atoms with Crippen LogP contribution in [0.2, 0.25) is 0 Å². The average Bonchev–Trinajstić information content (AvgIpc) is 2.19. The topological polar surface area (TPSA) is 30.0 Å². The van der Waals surface area contributed by atoms with Crippen molar-refractivity contribution in [2.45, 2.75) is 60.8 Å². The molecule has 104 valence electrons. The van der Waals surface area contributed by atoms with Crippen LogP contribution < -0.4 is 0 Å². The van der Waals surface area contributed by atoms with Gasteiger partial charge in [-0.3, -0.25) is 0 Å². The van der Waals surface area contributed by atoms with Crippen molar-refractivity contribution in [1.29, 1.82) is 0 Å². The zero-order valence-corrected chi connectivity index (χ0v) is 14.5. The van der Waals surface area contributed by atoms with Crippen LogP contribution in [0.15, 0.2) is 0 Å². The van der Waals surface area contributed by atoms with Crippen LogP contribution in [0.3, 0.4) is 0 Å². The molecule has 0 aromatic carbocycles. The maximum absolute atomic E-state index is 3.69. The van der Waals surface area contributed by atoms with Gasteiger partial charge in [0.05, 0.1) is 0 Å². The molecule has 0 unspecified atom stereocenters. The van der Waals surface area contributed by atoms with Crippen LogP contribution in [0, 0.1) is 38.5 Å². The first-order valence-electron chi connectivity index (χ1n) is 6.19. The molecule has 0 aliphatic rings. The molecule has 17 heavy (non-hydrogen) atoms. The van der Waals surface area contributed by atoms with E-state index in [2.05, 4.69) is 62.3 Å². The summed E-state index contributed by atoms with van der Waals surface area (Å²) in [5, 5.41) is 0. The van der Waals surface area contributed by atoms with Crippen molar-refractivity contribution in [3.05, 3.63) is 20.8 Å². The summed E-state index contributed by atoms with van der Waals surface area (Å²) in [5.74, 6) is 2.32. The largest absolute Gasteiger partial charge is 4.00 e. The molecular weight excluding hydrogens is 244 g/mol. The van der Waals surface area contributed by atoms with Gasteiger partial charge in [0, 0.05) is 0 Å². The molecule has 0 spiro atoms. The summed E-state index contributed by atoms with van der Waals surface area (Å²) in [6.45, 7) is 24.0. The first-order chi connectivity index (χ1) is 6.81. The number of rotatable bonds is 3. The minimum atomic E-state index is 0. The van der Waals surface area contributed by atoms with Gasteiger partial charge >= 0.3 is 21.7 Å². The Kier molecular flexibility index (Phi) is 45.9. The van der Waals surface area contributed by atoms with E-state index >= 15 is 0 Å².